The van der Waals surface area contributed by atoms with Crippen molar-refractivity contribution in [3.63, 3.8) is 0 Å². The second-order valence-corrected chi connectivity index (χ2v) is 7.82. The van der Waals surface area contributed by atoms with Gasteiger partial charge in [-0.2, -0.15) is 13.2 Å². The van der Waals surface area contributed by atoms with Crippen LogP contribution in [-0.2, 0) is 4.79 Å². The molecule has 0 aliphatic carbocycles. The molecule has 5 nitrogen and oxygen atoms in total. The molecule has 1 fully saturated rings. The van der Waals surface area contributed by atoms with Crippen LogP contribution in [0.15, 0.2) is 53.4 Å². The van der Waals surface area contributed by atoms with E-state index in [2.05, 4.69) is 10.2 Å². The Bertz CT molecular complexity index is 879. The third kappa shape index (κ3) is 5.66. The maximum absolute atomic E-state index is 12.7. The van der Waals surface area contributed by atoms with Crippen molar-refractivity contribution in [2.24, 2.45) is 11.7 Å². The number of rotatable bonds is 5. The third-order valence-electron chi connectivity index (χ3n) is 4.75. The first-order valence-electron chi connectivity index (χ1n) is 9.03. The highest BCUT2D eigenvalue weighted by molar-refractivity contribution is 8.00. The lowest BCUT2D eigenvalue weighted by atomic mass is 9.96. The molecule has 2 amide bonds. The SMILES string of the molecule is NC(=O)C1CCN(c2ccc(NC(=O)c3ccccc3SC(F)(F)F)cc2)CC1. The van der Waals surface area contributed by atoms with E-state index in [1.54, 1.807) is 12.1 Å². The normalized spacial score (nSPS) is 15.2. The maximum Gasteiger partial charge on any atom is 0.446 e. The topological polar surface area (TPSA) is 75.4 Å². The monoisotopic (exact) mass is 423 g/mol. The molecule has 154 valence electrons. The molecule has 0 atom stereocenters. The molecule has 1 saturated heterocycles. The Morgan fingerprint density at radius 2 is 1.66 bits per heavy atom. The van der Waals surface area contributed by atoms with Crippen molar-refractivity contribution in [1.82, 2.24) is 0 Å². The Morgan fingerprint density at radius 1 is 1.03 bits per heavy atom. The quantitative estimate of drug-likeness (QED) is 0.705. The van der Waals surface area contributed by atoms with E-state index < -0.39 is 11.4 Å². The minimum absolute atomic E-state index is 0.0348. The first-order valence-corrected chi connectivity index (χ1v) is 9.85. The molecular formula is C20H20F3N3O2S. The van der Waals surface area contributed by atoms with Crippen LogP contribution in [0.5, 0.6) is 0 Å². The number of primary amides is 1. The summed E-state index contributed by atoms with van der Waals surface area (Å²) in [5, 5.41) is 2.64. The highest BCUT2D eigenvalue weighted by Crippen LogP contribution is 2.38. The summed E-state index contributed by atoms with van der Waals surface area (Å²) in [6.45, 7) is 1.42. The van der Waals surface area contributed by atoms with Gasteiger partial charge in [0.25, 0.3) is 5.91 Å². The summed E-state index contributed by atoms with van der Waals surface area (Å²) in [5.41, 5.74) is 2.27. The second-order valence-electron chi connectivity index (χ2n) is 6.71. The number of alkyl halides is 3. The van der Waals surface area contributed by atoms with Crippen LogP contribution in [0.4, 0.5) is 24.5 Å². The van der Waals surface area contributed by atoms with Crippen LogP contribution in [0.3, 0.4) is 0 Å². The number of benzene rings is 2. The highest BCUT2D eigenvalue weighted by Gasteiger charge is 2.31. The van der Waals surface area contributed by atoms with E-state index in [9.17, 15) is 22.8 Å². The molecule has 2 aromatic rings. The molecule has 3 rings (SSSR count). The number of amides is 2. The molecule has 0 aromatic heterocycles. The zero-order chi connectivity index (χ0) is 21.0. The van der Waals surface area contributed by atoms with Crippen molar-refractivity contribution < 1.29 is 22.8 Å². The van der Waals surface area contributed by atoms with E-state index in [0.29, 0.717) is 31.6 Å². The molecule has 2 aromatic carbocycles. The van der Waals surface area contributed by atoms with Gasteiger partial charge in [0.2, 0.25) is 5.91 Å². The molecule has 0 bridgehead atoms. The Kier molecular flexibility index (Phi) is 6.36. The predicted octanol–water partition coefficient (Wildman–Crippen LogP) is 4.25. The van der Waals surface area contributed by atoms with Crippen molar-refractivity contribution in [2.45, 2.75) is 23.2 Å². The Hall–Kier alpha value is -2.68. The van der Waals surface area contributed by atoms with Gasteiger partial charge in [0, 0.05) is 35.3 Å². The lowest BCUT2D eigenvalue weighted by Gasteiger charge is -2.32. The second kappa shape index (κ2) is 8.77. The number of piperidine rings is 1. The summed E-state index contributed by atoms with van der Waals surface area (Å²) in [4.78, 5) is 25.7. The molecule has 3 N–H and O–H groups in total. The molecule has 1 aliphatic heterocycles. The van der Waals surface area contributed by atoms with Crippen molar-refractivity contribution in [1.29, 1.82) is 0 Å². The van der Waals surface area contributed by atoms with E-state index in [4.69, 9.17) is 5.73 Å². The largest absolute Gasteiger partial charge is 0.446 e. The third-order valence-corrected chi connectivity index (χ3v) is 5.55. The minimum atomic E-state index is -4.47. The summed E-state index contributed by atoms with van der Waals surface area (Å²) in [6, 6.07) is 12.7. The predicted molar refractivity (Wildman–Crippen MR) is 107 cm³/mol. The van der Waals surface area contributed by atoms with Crippen LogP contribution in [0.1, 0.15) is 23.2 Å². The highest BCUT2D eigenvalue weighted by atomic mass is 32.2. The smallest absolute Gasteiger partial charge is 0.371 e. The van der Waals surface area contributed by atoms with Crippen LogP contribution in [0.2, 0.25) is 0 Å². The molecule has 1 heterocycles. The average molecular weight is 423 g/mol. The average Bonchev–Trinajstić information content (AvgIpc) is 2.68. The zero-order valence-corrected chi connectivity index (χ0v) is 16.2. The summed E-state index contributed by atoms with van der Waals surface area (Å²) in [5.74, 6) is -0.974. The van der Waals surface area contributed by atoms with Crippen molar-refractivity contribution in [3.8, 4) is 0 Å². The molecular weight excluding hydrogens is 403 g/mol. The van der Waals surface area contributed by atoms with Gasteiger partial charge in [0.05, 0.1) is 5.56 Å². The standard InChI is InChI=1S/C20H20F3N3O2S/c21-20(22,23)29-17-4-2-1-3-16(17)19(28)25-14-5-7-15(8-6-14)26-11-9-13(10-12-26)18(24)27/h1-8,13H,9-12H2,(H2,24,27)(H,25,28). The Labute approximate surface area is 170 Å². The lowest BCUT2D eigenvalue weighted by molar-refractivity contribution is -0.122. The zero-order valence-electron chi connectivity index (χ0n) is 15.4. The van der Waals surface area contributed by atoms with Crippen LogP contribution < -0.4 is 16.0 Å². The van der Waals surface area contributed by atoms with Crippen molar-refractivity contribution in [3.05, 3.63) is 54.1 Å². The molecule has 9 heteroatoms. The first-order chi connectivity index (χ1) is 13.7. The number of halogens is 3. The summed E-state index contributed by atoms with van der Waals surface area (Å²) >= 11 is -0.311. The molecule has 29 heavy (non-hydrogen) atoms. The summed E-state index contributed by atoms with van der Waals surface area (Å²) in [7, 11) is 0. The summed E-state index contributed by atoms with van der Waals surface area (Å²) < 4.78 is 38.1. The number of nitrogens with two attached hydrogens (primary N) is 1. The summed E-state index contributed by atoms with van der Waals surface area (Å²) in [6.07, 6.45) is 1.39. The fourth-order valence-corrected chi connectivity index (χ4v) is 3.91. The number of carbonyl (C=O) groups excluding carboxylic acids is 2. The maximum atomic E-state index is 12.7. The van der Waals surface area contributed by atoms with Crippen molar-refractivity contribution >= 4 is 35.0 Å². The number of nitrogens with zero attached hydrogens (tertiary/aromatic N) is 1. The number of hydrogen-bond donors (Lipinski definition) is 2. The molecule has 0 saturated carbocycles. The van der Waals surface area contributed by atoms with Crippen LogP contribution in [-0.4, -0.2) is 30.4 Å². The number of carbonyl (C=O) groups is 2. The molecule has 0 unspecified atom stereocenters. The Morgan fingerprint density at radius 3 is 2.24 bits per heavy atom. The molecule has 0 radical (unpaired) electrons. The number of hydrogen-bond acceptors (Lipinski definition) is 4. The number of thioether (sulfide) groups is 1. The van der Waals surface area contributed by atoms with Crippen LogP contribution in [0.25, 0.3) is 0 Å². The van der Waals surface area contributed by atoms with E-state index >= 15 is 0 Å². The van der Waals surface area contributed by atoms with Gasteiger partial charge in [0.15, 0.2) is 0 Å². The lowest BCUT2D eigenvalue weighted by Crippen LogP contribution is -2.38. The van der Waals surface area contributed by atoms with Gasteiger partial charge in [-0.1, -0.05) is 12.1 Å². The Balaban J connectivity index is 1.65. The molecule has 0 spiro atoms. The molecule has 1 aliphatic rings. The van der Waals surface area contributed by atoms with Crippen LogP contribution >= 0.6 is 11.8 Å². The van der Waals surface area contributed by atoms with E-state index in [1.165, 1.54) is 24.3 Å². The fraction of sp³-hybridized carbons (Fsp3) is 0.300. The first kappa shape index (κ1) is 21.0. The number of nitrogens with one attached hydrogen (secondary N) is 1. The van der Waals surface area contributed by atoms with E-state index in [0.717, 1.165) is 5.69 Å². The van der Waals surface area contributed by atoms with Gasteiger partial charge in [-0.15, -0.1) is 0 Å². The number of anilines is 2. The van der Waals surface area contributed by atoms with Gasteiger partial charge < -0.3 is 16.0 Å². The van der Waals surface area contributed by atoms with E-state index in [1.807, 2.05) is 12.1 Å². The van der Waals surface area contributed by atoms with Gasteiger partial charge in [0.1, 0.15) is 0 Å². The minimum Gasteiger partial charge on any atom is -0.371 e. The fourth-order valence-electron chi connectivity index (χ4n) is 3.24. The van der Waals surface area contributed by atoms with Gasteiger partial charge in [-0.05, 0) is 61.0 Å². The van der Waals surface area contributed by atoms with Gasteiger partial charge in [-0.25, -0.2) is 0 Å². The van der Waals surface area contributed by atoms with Crippen molar-refractivity contribution in [2.75, 3.05) is 23.3 Å². The van der Waals surface area contributed by atoms with Gasteiger partial charge >= 0.3 is 5.51 Å². The van der Waals surface area contributed by atoms with Crippen LogP contribution in [0, 0.1) is 5.92 Å². The van der Waals surface area contributed by atoms with Gasteiger partial charge in [-0.3, -0.25) is 9.59 Å². The van der Waals surface area contributed by atoms with E-state index in [-0.39, 0.29) is 34.0 Å².